The van der Waals surface area contributed by atoms with Crippen molar-refractivity contribution in [1.82, 2.24) is 0 Å². The quantitative estimate of drug-likeness (QED) is 0.632. The Morgan fingerprint density at radius 3 is 3.25 bits per heavy atom. The Hall–Kier alpha value is -1.31. The average molecular weight is 166 g/mol. The summed E-state index contributed by atoms with van der Waals surface area (Å²) < 4.78 is 33.0. The Bertz CT molecular complexity index is 476. The van der Waals surface area contributed by atoms with E-state index < -0.39 is 6.17 Å². The number of hydrogen-bond acceptors (Lipinski definition) is 1. The summed E-state index contributed by atoms with van der Waals surface area (Å²) in [7, 11) is 0. The molecule has 0 spiro atoms. The van der Waals surface area contributed by atoms with Crippen LogP contribution in [0.2, 0.25) is 0 Å². The molecule has 0 radical (unpaired) electrons. The molecule has 0 aliphatic heterocycles. The maximum atomic E-state index is 12.9. The molecule has 1 heterocycles. The van der Waals surface area contributed by atoms with Crippen LogP contribution in [0, 0.1) is 0 Å². The number of alkyl halides is 1. The van der Waals surface area contributed by atoms with E-state index in [2.05, 4.69) is 0 Å². The maximum absolute atomic E-state index is 12.9. The highest BCUT2D eigenvalue weighted by atomic mass is 19.1. The van der Waals surface area contributed by atoms with Gasteiger partial charge in [0.25, 0.3) is 0 Å². The molecular weight excluding hydrogens is 155 g/mol. The van der Waals surface area contributed by atoms with E-state index in [9.17, 15) is 4.39 Å². The number of halogens is 1. The van der Waals surface area contributed by atoms with Gasteiger partial charge in [0.15, 0.2) is 6.17 Å². The van der Waals surface area contributed by atoms with Crippen LogP contribution < -0.4 is 0 Å². The second-order valence-corrected chi connectivity index (χ2v) is 2.65. The Labute approximate surface area is 72.6 Å². The minimum atomic E-state index is -1.18. The fourth-order valence-electron chi connectivity index (χ4n) is 1.08. The Morgan fingerprint density at radius 1 is 1.67 bits per heavy atom. The molecule has 0 saturated heterocycles. The molecule has 1 nitrogen and oxygen atoms in total. The first-order chi connectivity index (χ1) is 6.58. The van der Waals surface area contributed by atoms with E-state index in [0.717, 1.165) is 0 Å². The molecule has 2 rings (SSSR count). The van der Waals surface area contributed by atoms with Gasteiger partial charge in [-0.2, -0.15) is 0 Å². The van der Waals surface area contributed by atoms with Crippen LogP contribution >= 0.6 is 0 Å². The van der Waals surface area contributed by atoms with Crippen LogP contribution in [-0.2, 0) is 0 Å². The van der Waals surface area contributed by atoms with E-state index in [0.29, 0.717) is 11.0 Å². The van der Waals surface area contributed by atoms with Gasteiger partial charge in [-0.3, -0.25) is 0 Å². The summed E-state index contributed by atoms with van der Waals surface area (Å²) >= 11 is 0. The summed E-state index contributed by atoms with van der Waals surface area (Å²) in [6.45, 7) is 1.38. The lowest BCUT2D eigenvalue weighted by molar-refractivity contribution is 0.317. The molecule has 1 aromatic carbocycles. The smallest absolute Gasteiger partial charge is 0.155 e. The topological polar surface area (TPSA) is 13.1 Å². The number of benzene rings is 1. The third kappa shape index (κ3) is 1.09. The summed E-state index contributed by atoms with van der Waals surface area (Å²) in [5, 5.41) is 0.613. The lowest BCUT2D eigenvalue weighted by Crippen LogP contribution is -1.77. The third-order valence-corrected chi connectivity index (χ3v) is 1.70. The molecule has 0 aliphatic rings. The van der Waals surface area contributed by atoms with Crippen LogP contribution in [-0.4, -0.2) is 0 Å². The van der Waals surface area contributed by atoms with Gasteiger partial charge in [0.1, 0.15) is 11.3 Å². The van der Waals surface area contributed by atoms with Crippen molar-refractivity contribution >= 4 is 11.0 Å². The zero-order chi connectivity index (χ0) is 10.3. The van der Waals surface area contributed by atoms with Gasteiger partial charge in [-0.1, -0.05) is 18.2 Å². The van der Waals surface area contributed by atoms with E-state index in [1.807, 2.05) is 0 Å². The molecule has 0 N–H and O–H groups in total. The largest absolute Gasteiger partial charge is 0.458 e. The Balaban J connectivity index is 2.70. The van der Waals surface area contributed by atoms with Crippen molar-refractivity contribution < 1.29 is 11.5 Å². The average Bonchev–Trinajstić information content (AvgIpc) is 2.47. The lowest BCUT2D eigenvalue weighted by Gasteiger charge is -1.91. The minimum Gasteiger partial charge on any atom is -0.458 e. The number of hydrogen-bond donors (Lipinski definition) is 0. The summed E-state index contributed by atoms with van der Waals surface area (Å²) in [5.41, 5.74) is 0.348. The molecule has 62 valence electrons. The first-order valence-electron chi connectivity index (χ1n) is 4.72. The van der Waals surface area contributed by atoms with E-state index in [1.54, 1.807) is 6.07 Å². The Kier molecular flexibility index (Phi) is 1.17. The molecular formula is C10H9FO. The van der Waals surface area contributed by atoms with Gasteiger partial charge in [-0.15, -0.1) is 0 Å². The summed E-state index contributed by atoms with van der Waals surface area (Å²) in [6, 6.07) is 4.83. The molecule has 0 fully saturated rings. The highest BCUT2D eigenvalue weighted by Gasteiger charge is 2.08. The van der Waals surface area contributed by atoms with E-state index in [1.165, 1.54) is 19.1 Å². The van der Waals surface area contributed by atoms with Crippen LogP contribution in [0.1, 0.15) is 21.6 Å². The summed E-state index contributed by atoms with van der Waals surface area (Å²) in [4.78, 5) is 0. The van der Waals surface area contributed by atoms with Crippen molar-refractivity contribution in [1.29, 1.82) is 0 Å². The predicted molar refractivity (Wildman–Crippen MR) is 45.7 cm³/mol. The zero-order valence-corrected chi connectivity index (χ0v) is 6.60. The first kappa shape index (κ1) is 5.36. The van der Waals surface area contributed by atoms with E-state index in [4.69, 9.17) is 7.16 Å². The molecule has 1 aromatic heterocycles. The first-order valence-corrected chi connectivity index (χ1v) is 3.72. The van der Waals surface area contributed by atoms with Crippen molar-refractivity contribution in [3.63, 3.8) is 0 Å². The maximum Gasteiger partial charge on any atom is 0.155 e. The lowest BCUT2D eigenvalue weighted by atomic mass is 10.2. The molecule has 0 bridgehead atoms. The van der Waals surface area contributed by atoms with Crippen molar-refractivity contribution in [2.24, 2.45) is 0 Å². The van der Waals surface area contributed by atoms with Crippen LogP contribution in [0.25, 0.3) is 11.0 Å². The summed E-state index contributed by atoms with van der Waals surface area (Å²) in [6.07, 6.45) is -1.18. The molecule has 0 saturated carbocycles. The number of rotatable bonds is 1. The molecule has 0 aliphatic carbocycles. The van der Waals surface area contributed by atoms with Gasteiger partial charge in [0, 0.05) is 5.39 Å². The molecule has 2 heteroatoms. The normalized spacial score (nSPS) is 15.8. The van der Waals surface area contributed by atoms with Gasteiger partial charge < -0.3 is 4.42 Å². The number of furan rings is 1. The van der Waals surface area contributed by atoms with E-state index in [-0.39, 0.29) is 17.8 Å². The van der Waals surface area contributed by atoms with Crippen molar-refractivity contribution in [2.75, 3.05) is 0 Å². The van der Waals surface area contributed by atoms with Crippen LogP contribution in [0.3, 0.4) is 0 Å². The second kappa shape index (κ2) is 2.63. The van der Waals surface area contributed by atoms with Crippen LogP contribution in [0.5, 0.6) is 0 Å². The molecule has 0 amide bonds. The molecule has 1 atom stereocenters. The van der Waals surface area contributed by atoms with Gasteiger partial charge in [0.05, 0.1) is 2.74 Å². The summed E-state index contributed by atoms with van der Waals surface area (Å²) in [5.74, 6) is 0.208. The van der Waals surface area contributed by atoms with Gasteiger partial charge in [0.2, 0.25) is 0 Å². The standard InChI is InChI=1S/C10H9FO/c1-7(11)10-6-8-4-2-3-5-9(8)12-10/h2-7H,1H3/i2D,5D. The van der Waals surface area contributed by atoms with Gasteiger partial charge in [-0.25, -0.2) is 4.39 Å². The highest BCUT2D eigenvalue weighted by molar-refractivity contribution is 5.77. The second-order valence-electron chi connectivity index (χ2n) is 2.65. The molecule has 2 aromatic rings. The SMILES string of the molecule is [2H]c1cc([2H])c2oc(C(C)F)cc2c1. The van der Waals surface area contributed by atoms with E-state index >= 15 is 0 Å². The third-order valence-electron chi connectivity index (χ3n) is 1.70. The van der Waals surface area contributed by atoms with Crippen LogP contribution in [0.4, 0.5) is 4.39 Å². The van der Waals surface area contributed by atoms with Gasteiger partial charge >= 0.3 is 0 Å². The number of para-hydroxylation sites is 1. The monoisotopic (exact) mass is 166 g/mol. The molecule has 1 unspecified atom stereocenters. The highest BCUT2D eigenvalue weighted by Crippen LogP contribution is 2.25. The van der Waals surface area contributed by atoms with Crippen molar-refractivity contribution in [3.8, 4) is 0 Å². The Morgan fingerprint density at radius 2 is 2.50 bits per heavy atom. The fraction of sp³-hybridized carbons (Fsp3) is 0.200. The van der Waals surface area contributed by atoms with Crippen LogP contribution in [0.15, 0.2) is 34.7 Å². The molecule has 12 heavy (non-hydrogen) atoms. The zero-order valence-electron chi connectivity index (χ0n) is 8.60. The fourth-order valence-corrected chi connectivity index (χ4v) is 1.08. The minimum absolute atomic E-state index is 0.124. The number of fused-ring (bicyclic) bond motifs is 1. The van der Waals surface area contributed by atoms with Gasteiger partial charge in [-0.05, 0) is 19.0 Å². The predicted octanol–water partition coefficient (Wildman–Crippen LogP) is 3.46. The van der Waals surface area contributed by atoms with Crippen molar-refractivity contribution in [3.05, 3.63) is 36.0 Å². The van der Waals surface area contributed by atoms with Crippen molar-refractivity contribution in [2.45, 2.75) is 13.1 Å².